The number of rotatable bonds is 2. The van der Waals surface area contributed by atoms with Crippen LogP contribution in [0.15, 0.2) is 12.1 Å². The minimum Gasteiger partial charge on any atom is -0.324 e. The van der Waals surface area contributed by atoms with Gasteiger partial charge in [-0.05, 0) is 55.7 Å². The number of hydrogen-bond acceptors (Lipinski definition) is 1. The fourth-order valence-corrected chi connectivity index (χ4v) is 3.33. The van der Waals surface area contributed by atoms with Gasteiger partial charge in [0.25, 0.3) is 0 Å². The third-order valence-electron chi connectivity index (χ3n) is 4.12. The molecule has 1 N–H and O–H groups in total. The summed E-state index contributed by atoms with van der Waals surface area (Å²) < 4.78 is 0. The van der Waals surface area contributed by atoms with Crippen molar-refractivity contribution >= 4 is 34.8 Å². The molecule has 4 heteroatoms. The standard InChI is InChI=1S/C14H15Cl2NO/c1-7-2-12(16)13(6-11(7)15)17-14(18)10-4-8-3-9(8)5-10/h2,6,8-10H,3-5H2,1H3,(H,17,18). The first-order valence-electron chi connectivity index (χ1n) is 6.31. The molecule has 2 nitrogen and oxygen atoms in total. The van der Waals surface area contributed by atoms with Gasteiger partial charge in [-0.3, -0.25) is 4.79 Å². The molecule has 18 heavy (non-hydrogen) atoms. The molecule has 0 aromatic heterocycles. The Balaban J connectivity index is 1.72. The second kappa shape index (κ2) is 4.43. The van der Waals surface area contributed by atoms with Crippen LogP contribution in [0.1, 0.15) is 24.8 Å². The Morgan fingerprint density at radius 3 is 2.50 bits per heavy atom. The predicted octanol–water partition coefficient (Wildman–Crippen LogP) is 4.29. The Hall–Kier alpha value is -0.730. The molecule has 96 valence electrons. The highest BCUT2D eigenvalue weighted by atomic mass is 35.5. The molecule has 2 fully saturated rings. The molecule has 1 aromatic carbocycles. The molecule has 2 saturated carbocycles. The number of hydrogen-bond donors (Lipinski definition) is 1. The third kappa shape index (κ3) is 2.24. The van der Waals surface area contributed by atoms with Gasteiger partial charge in [-0.2, -0.15) is 0 Å². The van der Waals surface area contributed by atoms with Crippen molar-refractivity contribution < 1.29 is 4.79 Å². The zero-order chi connectivity index (χ0) is 12.9. The van der Waals surface area contributed by atoms with E-state index in [2.05, 4.69) is 5.32 Å². The molecule has 1 amide bonds. The summed E-state index contributed by atoms with van der Waals surface area (Å²) in [4.78, 5) is 12.1. The number of halogens is 2. The van der Waals surface area contributed by atoms with E-state index in [1.165, 1.54) is 6.42 Å². The van der Waals surface area contributed by atoms with Crippen LogP contribution in [0.4, 0.5) is 5.69 Å². The summed E-state index contributed by atoms with van der Waals surface area (Å²) in [7, 11) is 0. The van der Waals surface area contributed by atoms with Gasteiger partial charge in [-0.1, -0.05) is 23.2 Å². The molecule has 0 radical (unpaired) electrons. The number of fused-ring (bicyclic) bond motifs is 1. The summed E-state index contributed by atoms with van der Waals surface area (Å²) in [6.07, 6.45) is 3.39. The maximum Gasteiger partial charge on any atom is 0.227 e. The van der Waals surface area contributed by atoms with E-state index in [0.717, 1.165) is 30.2 Å². The normalized spacial score (nSPS) is 28.9. The summed E-state index contributed by atoms with van der Waals surface area (Å²) in [5.74, 6) is 1.85. The van der Waals surface area contributed by atoms with Gasteiger partial charge in [-0.15, -0.1) is 0 Å². The first-order valence-corrected chi connectivity index (χ1v) is 7.06. The molecule has 0 bridgehead atoms. The fourth-order valence-electron chi connectivity index (χ4n) is 2.91. The Kier molecular flexibility index (Phi) is 3.03. The first-order chi connectivity index (χ1) is 8.54. The summed E-state index contributed by atoms with van der Waals surface area (Å²) in [6, 6.07) is 3.51. The van der Waals surface area contributed by atoms with Gasteiger partial charge in [0.15, 0.2) is 0 Å². The van der Waals surface area contributed by atoms with Crippen molar-refractivity contribution in [2.24, 2.45) is 17.8 Å². The summed E-state index contributed by atoms with van der Waals surface area (Å²) in [5.41, 5.74) is 1.54. The lowest BCUT2D eigenvalue weighted by Crippen LogP contribution is -2.21. The second-order valence-corrected chi connectivity index (χ2v) is 6.31. The highest BCUT2D eigenvalue weighted by Gasteiger charge is 2.48. The number of benzene rings is 1. The van der Waals surface area contributed by atoms with Crippen LogP contribution in [-0.4, -0.2) is 5.91 Å². The van der Waals surface area contributed by atoms with Crippen molar-refractivity contribution in [3.05, 3.63) is 27.7 Å². The molecule has 0 spiro atoms. The average molecular weight is 284 g/mol. The number of nitrogens with one attached hydrogen (secondary N) is 1. The van der Waals surface area contributed by atoms with Crippen LogP contribution in [0, 0.1) is 24.7 Å². The van der Waals surface area contributed by atoms with Gasteiger partial charge in [0.2, 0.25) is 5.91 Å². The van der Waals surface area contributed by atoms with Crippen molar-refractivity contribution in [2.45, 2.75) is 26.2 Å². The molecule has 3 rings (SSSR count). The molecule has 2 atom stereocenters. The second-order valence-electron chi connectivity index (χ2n) is 5.49. The number of anilines is 1. The van der Waals surface area contributed by atoms with Gasteiger partial charge in [0.05, 0.1) is 10.7 Å². The Morgan fingerprint density at radius 2 is 1.83 bits per heavy atom. The quantitative estimate of drug-likeness (QED) is 0.862. The van der Waals surface area contributed by atoms with Gasteiger partial charge in [-0.25, -0.2) is 0 Å². The minimum absolute atomic E-state index is 0.0871. The molecule has 0 aliphatic heterocycles. The fraction of sp³-hybridized carbons (Fsp3) is 0.500. The Morgan fingerprint density at radius 1 is 1.17 bits per heavy atom. The molecular formula is C14H15Cl2NO. The third-order valence-corrected chi connectivity index (χ3v) is 4.84. The van der Waals surface area contributed by atoms with Crippen LogP contribution >= 0.6 is 23.2 Å². The molecule has 0 saturated heterocycles. The summed E-state index contributed by atoms with van der Waals surface area (Å²) in [6.45, 7) is 1.89. The van der Waals surface area contributed by atoms with E-state index in [0.29, 0.717) is 15.7 Å². The van der Waals surface area contributed by atoms with Gasteiger partial charge in [0, 0.05) is 10.9 Å². The SMILES string of the molecule is Cc1cc(Cl)c(NC(=O)C2CC3CC3C2)cc1Cl. The number of amides is 1. The summed E-state index contributed by atoms with van der Waals surface area (Å²) >= 11 is 12.2. The molecule has 1 aromatic rings. The van der Waals surface area contributed by atoms with Crippen molar-refractivity contribution in [3.63, 3.8) is 0 Å². The Labute approximate surface area is 117 Å². The number of aryl methyl sites for hydroxylation is 1. The van der Waals surface area contributed by atoms with Gasteiger partial charge in [0.1, 0.15) is 0 Å². The van der Waals surface area contributed by atoms with E-state index in [4.69, 9.17) is 23.2 Å². The van der Waals surface area contributed by atoms with Crippen LogP contribution in [0.5, 0.6) is 0 Å². The van der Waals surface area contributed by atoms with E-state index in [-0.39, 0.29) is 11.8 Å². The monoisotopic (exact) mass is 283 g/mol. The molecule has 2 aliphatic rings. The minimum atomic E-state index is 0.0871. The van der Waals surface area contributed by atoms with Crippen LogP contribution in [-0.2, 0) is 4.79 Å². The molecular weight excluding hydrogens is 269 g/mol. The van der Waals surface area contributed by atoms with E-state index in [1.54, 1.807) is 12.1 Å². The molecule has 2 aliphatic carbocycles. The summed E-state index contributed by atoms with van der Waals surface area (Å²) in [5, 5.41) is 4.08. The van der Waals surface area contributed by atoms with E-state index >= 15 is 0 Å². The lowest BCUT2D eigenvalue weighted by molar-refractivity contribution is -0.120. The van der Waals surface area contributed by atoms with Crippen molar-refractivity contribution in [2.75, 3.05) is 5.32 Å². The predicted molar refractivity (Wildman–Crippen MR) is 74.1 cm³/mol. The van der Waals surface area contributed by atoms with Gasteiger partial charge < -0.3 is 5.32 Å². The topological polar surface area (TPSA) is 29.1 Å². The van der Waals surface area contributed by atoms with E-state index < -0.39 is 0 Å². The maximum absolute atomic E-state index is 12.1. The maximum atomic E-state index is 12.1. The van der Waals surface area contributed by atoms with Gasteiger partial charge >= 0.3 is 0 Å². The first kappa shape index (κ1) is 12.3. The average Bonchev–Trinajstić information content (AvgIpc) is 2.93. The lowest BCUT2D eigenvalue weighted by Gasteiger charge is -2.14. The number of carbonyl (C=O) groups is 1. The molecule has 2 unspecified atom stereocenters. The largest absolute Gasteiger partial charge is 0.324 e. The lowest BCUT2D eigenvalue weighted by atomic mass is 10.0. The van der Waals surface area contributed by atoms with Crippen LogP contribution < -0.4 is 5.32 Å². The zero-order valence-electron chi connectivity index (χ0n) is 10.2. The number of carbonyl (C=O) groups excluding carboxylic acids is 1. The Bertz CT molecular complexity index is 505. The highest BCUT2D eigenvalue weighted by Crippen LogP contribution is 2.54. The van der Waals surface area contributed by atoms with Crippen molar-refractivity contribution in [1.82, 2.24) is 0 Å². The van der Waals surface area contributed by atoms with Crippen molar-refractivity contribution in [1.29, 1.82) is 0 Å². The van der Waals surface area contributed by atoms with Crippen molar-refractivity contribution in [3.8, 4) is 0 Å². The highest BCUT2D eigenvalue weighted by molar-refractivity contribution is 6.36. The van der Waals surface area contributed by atoms with Crippen LogP contribution in [0.25, 0.3) is 0 Å². The van der Waals surface area contributed by atoms with E-state index in [9.17, 15) is 4.79 Å². The van der Waals surface area contributed by atoms with Crippen LogP contribution in [0.3, 0.4) is 0 Å². The van der Waals surface area contributed by atoms with Crippen LogP contribution in [0.2, 0.25) is 10.0 Å². The zero-order valence-corrected chi connectivity index (χ0v) is 11.7. The van der Waals surface area contributed by atoms with E-state index in [1.807, 2.05) is 6.92 Å². The smallest absolute Gasteiger partial charge is 0.227 e. The molecule has 0 heterocycles.